The predicted octanol–water partition coefficient (Wildman–Crippen LogP) is 4.51. The number of carbonyl (C=O) groups excluding carboxylic acids is 1. The molecule has 4 heteroatoms. The molecule has 0 aromatic heterocycles. The van der Waals surface area contributed by atoms with Crippen LogP contribution in [0.5, 0.6) is 0 Å². The van der Waals surface area contributed by atoms with Crippen LogP contribution in [0.2, 0.25) is 0 Å². The summed E-state index contributed by atoms with van der Waals surface area (Å²) in [6.07, 6.45) is 10.4. The lowest BCUT2D eigenvalue weighted by molar-refractivity contribution is 0.0943. The highest BCUT2D eigenvalue weighted by Gasteiger charge is 2.26. The molecule has 0 bridgehead atoms. The molecule has 2 aliphatic rings. The molecule has 1 saturated heterocycles. The molecule has 1 heterocycles. The van der Waals surface area contributed by atoms with E-state index in [1.807, 2.05) is 17.0 Å². The SMILES string of the molecule is CCCCc1ccc(NC(=O)N2CCN(C3CCCCC3)CC2)cc1. The van der Waals surface area contributed by atoms with Crippen LogP contribution in [0.1, 0.15) is 57.4 Å². The topological polar surface area (TPSA) is 35.6 Å². The lowest BCUT2D eigenvalue weighted by atomic mass is 9.94. The number of hydrogen-bond acceptors (Lipinski definition) is 2. The maximum absolute atomic E-state index is 12.5. The number of carbonyl (C=O) groups is 1. The number of benzene rings is 1. The third-order valence-corrected chi connectivity index (χ3v) is 5.72. The van der Waals surface area contributed by atoms with Gasteiger partial charge < -0.3 is 10.2 Å². The Morgan fingerprint density at radius 2 is 1.72 bits per heavy atom. The zero-order valence-electron chi connectivity index (χ0n) is 15.7. The molecule has 0 unspecified atom stereocenters. The molecular formula is C21H33N3O. The van der Waals surface area contributed by atoms with Gasteiger partial charge >= 0.3 is 6.03 Å². The number of aryl methyl sites for hydroxylation is 1. The number of urea groups is 1. The van der Waals surface area contributed by atoms with Gasteiger partial charge in [0.2, 0.25) is 0 Å². The minimum absolute atomic E-state index is 0.0459. The van der Waals surface area contributed by atoms with E-state index in [1.165, 1.54) is 50.5 Å². The molecule has 1 aliphatic carbocycles. The fraction of sp³-hybridized carbons (Fsp3) is 0.667. The van der Waals surface area contributed by atoms with Crippen molar-refractivity contribution in [1.29, 1.82) is 0 Å². The predicted molar refractivity (Wildman–Crippen MR) is 104 cm³/mol. The molecule has 1 aromatic rings. The Labute approximate surface area is 152 Å². The molecule has 1 aliphatic heterocycles. The summed E-state index contributed by atoms with van der Waals surface area (Å²) in [6, 6.07) is 9.13. The standard InChI is InChI=1S/C21H33N3O/c1-2-3-7-18-10-12-19(13-11-18)22-21(25)24-16-14-23(15-17-24)20-8-5-4-6-9-20/h10-13,20H,2-9,14-17H2,1H3,(H,22,25). The Hall–Kier alpha value is -1.55. The van der Waals surface area contributed by atoms with Crippen LogP contribution >= 0.6 is 0 Å². The molecule has 0 atom stereocenters. The van der Waals surface area contributed by atoms with Gasteiger partial charge in [-0.2, -0.15) is 0 Å². The molecule has 25 heavy (non-hydrogen) atoms. The molecule has 1 N–H and O–H groups in total. The van der Waals surface area contributed by atoms with Crippen molar-refractivity contribution in [3.63, 3.8) is 0 Å². The second-order valence-electron chi connectivity index (χ2n) is 7.55. The molecule has 4 nitrogen and oxygen atoms in total. The van der Waals surface area contributed by atoms with Gasteiger partial charge in [0, 0.05) is 37.9 Å². The van der Waals surface area contributed by atoms with E-state index < -0.39 is 0 Å². The van der Waals surface area contributed by atoms with Crippen LogP contribution in [0.4, 0.5) is 10.5 Å². The first-order valence-corrected chi connectivity index (χ1v) is 10.1. The summed E-state index contributed by atoms with van der Waals surface area (Å²) in [5.41, 5.74) is 2.25. The van der Waals surface area contributed by atoms with Crippen LogP contribution in [0.3, 0.4) is 0 Å². The van der Waals surface area contributed by atoms with Gasteiger partial charge in [0.1, 0.15) is 0 Å². The van der Waals surface area contributed by atoms with Gasteiger partial charge in [-0.3, -0.25) is 4.90 Å². The monoisotopic (exact) mass is 343 g/mol. The van der Waals surface area contributed by atoms with Crippen molar-refractivity contribution in [1.82, 2.24) is 9.80 Å². The Kier molecular flexibility index (Phi) is 6.74. The molecule has 3 rings (SSSR count). The largest absolute Gasteiger partial charge is 0.322 e. The highest BCUT2D eigenvalue weighted by molar-refractivity contribution is 5.89. The fourth-order valence-corrected chi connectivity index (χ4v) is 4.07. The molecule has 2 amide bonds. The molecule has 1 aromatic carbocycles. The maximum Gasteiger partial charge on any atom is 0.321 e. The number of hydrogen-bond donors (Lipinski definition) is 1. The van der Waals surface area contributed by atoms with Gasteiger partial charge in [-0.1, -0.05) is 44.7 Å². The number of unbranched alkanes of at least 4 members (excludes halogenated alkanes) is 1. The van der Waals surface area contributed by atoms with E-state index in [1.54, 1.807) is 0 Å². The van der Waals surface area contributed by atoms with Crippen LogP contribution in [0.15, 0.2) is 24.3 Å². The summed E-state index contributed by atoms with van der Waals surface area (Å²) in [4.78, 5) is 17.1. The lowest BCUT2D eigenvalue weighted by Gasteiger charge is -2.40. The number of amides is 2. The second kappa shape index (κ2) is 9.23. The fourth-order valence-electron chi connectivity index (χ4n) is 4.07. The molecule has 1 saturated carbocycles. The van der Waals surface area contributed by atoms with Gasteiger partial charge in [-0.15, -0.1) is 0 Å². The quantitative estimate of drug-likeness (QED) is 0.854. The Morgan fingerprint density at radius 3 is 2.36 bits per heavy atom. The number of piperazine rings is 1. The summed E-state index contributed by atoms with van der Waals surface area (Å²) in [7, 11) is 0. The summed E-state index contributed by atoms with van der Waals surface area (Å²) < 4.78 is 0. The van der Waals surface area contributed by atoms with E-state index in [4.69, 9.17) is 0 Å². The van der Waals surface area contributed by atoms with Crippen LogP contribution in [0, 0.1) is 0 Å². The zero-order chi connectivity index (χ0) is 17.5. The van der Waals surface area contributed by atoms with Gasteiger partial charge in [0.05, 0.1) is 0 Å². The van der Waals surface area contributed by atoms with Gasteiger partial charge in [-0.05, 0) is 43.4 Å². The van der Waals surface area contributed by atoms with Crippen LogP contribution in [0.25, 0.3) is 0 Å². The summed E-state index contributed by atoms with van der Waals surface area (Å²) in [5, 5.41) is 3.06. The number of rotatable bonds is 5. The van der Waals surface area contributed by atoms with Crippen LogP contribution in [-0.4, -0.2) is 48.1 Å². The Morgan fingerprint density at radius 1 is 1.04 bits per heavy atom. The van der Waals surface area contributed by atoms with Crippen LogP contribution in [-0.2, 0) is 6.42 Å². The van der Waals surface area contributed by atoms with E-state index >= 15 is 0 Å². The molecule has 138 valence electrons. The van der Waals surface area contributed by atoms with Crippen molar-refractivity contribution < 1.29 is 4.79 Å². The first-order valence-electron chi connectivity index (χ1n) is 10.1. The number of nitrogens with one attached hydrogen (secondary N) is 1. The number of nitrogens with zero attached hydrogens (tertiary/aromatic N) is 2. The van der Waals surface area contributed by atoms with E-state index in [0.29, 0.717) is 0 Å². The molecule has 0 radical (unpaired) electrons. The first-order chi connectivity index (χ1) is 12.3. The van der Waals surface area contributed by atoms with Gasteiger partial charge in [-0.25, -0.2) is 4.79 Å². The third kappa shape index (κ3) is 5.21. The highest BCUT2D eigenvalue weighted by Crippen LogP contribution is 2.23. The van der Waals surface area contributed by atoms with Gasteiger partial charge in [0.15, 0.2) is 0 Å². The van der Waals surface area contributed by atoms with E-state index in [9.17, 15) is 4.79 Å². The summed E-state index contributed by atoms with van der Waals surface area (Å²) in [5.74, 6) is 0. The van der Waals surface area contributed by atoms with Crippen molar-refractivity contribution in [3.05, 3.63) is 29.8 Å². The highest BCUT2D eigenvalue weighted by atomic mass is 16.2. The smallest absolute Gasteiger partial charge is 0.321 e. The summed E-state index contributed by atoms with van der Waals surface area (Å²) in [6.45, 7) is 5.94. The molecular weight excluding hydrogens is 310 g/mol. The first kappa shape index (κ1) is 18.2. The third-order valence-electron chi connectivity index (χ3n) is 5.72. The van der Waals surface area contributed by atoms with E-state index in [-0.39, 0.29) is 6.03 Å². The zero-order valence-corrected chi connectivity index (χ0v) is 15.7. The Bertz CT molecular complexity index is 529. The normalized spacial score (nSPS) is 19.8. The van der Waals surface area contributed by atoms with Crippen molar-refractivity contribution in [2.24, 2.45) is 0 Å². The van der Waals surface area contributed by atoms with Crippen molar-refractivity contribution in [2.75, 3.05) is 31.5 Å². The maximum atomic E-state index is 12.5. The minimum Gasteiger partial charge on any atom is -0.322 e. The average Bonchev–Trinajstić information content (AvgIpc) is 2.68. The minimum atomic E-state index is 0.0459. The van der Waals surface area contributed by atoms with Crippen LogP contribution < -0.4 is 5.32 Å². The molecule has 0 spiro atoms. The van der Waals surface area contributed by atoms with Crippen molar-refractivity contribution in [3.8, 4) is 0 Å². The summed E-state index contributed by atoms with van der Waals surface area (Å²) >= 11 is 0. The van der Waals surface area contributed by atoms with E-state index in [0.717, 1.165) is 44.3 Å². The number of anilines is 1. The average molecular weight is 344 g/mol. The van der Waals surface area contributed by atoms with Crippen molar-refractivity contribution >= 4 is 11.7 Å². The second-order valence-corrected chi connectivity index (χ2v) is 7.55. The van der Waals surface area contributed by atoms with Gasteiger partial charge in [0.25, 0.3) is 0 Å². The van der Waals surface area contributed by atoms with Crippen molar-refractivity contribution in [2.45, 2.75) is 64.3 Å². The molecule has 2 fully saturated rings. The Balaban J connectivity index is 1.44. The van der Waals surface area contributed by atoms with E-state index in [2.05, 4.69) is 29.3 Å². The lowest BCUT2D eigenvalue weighted by Crippen LogP contribution is -2.53.